The number of hydrogen-bond acceptors (Lipinski definition) is 3. The Bertz CT molecular complexity index is 817. The summed E-state index contributed by atoms with van der Waals surface area (Å²) in [4.78, 5) is 20.9. The van der Waals surface area contributed by atoms with Gasteiger partial charge in [0.15, 0.2) is 0 Å². The first-order chi connectivity index (χ1) is 12.7. The van der Waals surface area contributed by atoms with E-state index in [0.29, 0.717) is 5.69 Å². The van der Waals surface area contributed by atoms with Gasteiger partial charge in [-0.25, -0.2) is 4.98 Å². The van der Waals surface area contributed by atoms with Gasteiger partial charge in [0, 0.05) is 6.20 Å². The Kier molecular flexibility index (Phi) is 6.09. The summed E-state index contributed by atoms with van der Waals surface area (Å²) in [5.74, 6) is -0.189. The number of hydrogen-bond donors (Lipinski definition) is 1. The van der Waals surface area contributed by atoms with Crippen LogP contribution >= 0.6 is 0 Å². The van der Waals surface area contributed by atoms with Crippen molar-refractivity contribution in [2.75, 3.05) is 0 Å². The molecule has 1 atom stereocenters. The summed E-state index contributed by atoms with van der Waals surface area (Å²) in [5.41, 5.74) is 3.56. The molecule has 26 heavy (non-hydrogen) atoms. The second-order valence-electron chi connectivity index (χ2n) is 6.36. The van der Waals surface area contributed by atoms with Gasteiger partial charge in [-0.05, 0) is 37.3 Å². The summed E-state index contributed by atoms with van der Waals surface area (Å²) in [6, 6.07) is 20.4. The number of benzene rings is 2. The van der Waals surface area contributed by atoms with Gasteiger partial charge in [0.2, 0.25) is 0 Å². The molecule has 1 amide bonds. The van der Waals surface area contributed by atoms with E-state index in [2.05, 4.69) is 39.6 Å². The molecule has 0 radical (unpaired) electrons. The van der Waals surface area contributed by atoms with Gasteiger partial charge in [-0.1, -0.05) is 60.7 Å². The van der Waals surface area contributed by atoms with E-state index in [0.717, 1.165) is 30.5 Å². The van der Waals surface area contributed by atoms with Crippen molar-refractivity contribution < 1.29 is 4.79 Å². The van der Waals surface area contributed by atoms with Crippen molar-refractivity contribution in [3.8, 4) is 0 Å². The summed E-state index contributed by atoms with van der Waals surface area (Å²) >= 11 is 0. The molecule has 0 aliphatic carbocycles. The molecular formula is C22H23N3O. The molecule has 3 aromatic rings. The van der Waals surface area contributed by atoms with E-state index in [-0.39, 0.29) is 11.9 Å². The van der Waals surface area contributed by atoms with Crippen LogP contribution in [0.25, 0.3) is 0 Å². The highest BCUT2D eigenvalue weighted by atomic mass is 16.1. The van der Waals surface area contributed by atoms with E-state index in [1.54, 1.807) is 6.20 Å². The predicted molar refractivity (Wildman–Crippen MR) is 103 cm³/mol. The number of rotatable bonds is 7. The Morgan fingerprint density at radius 3 is 2.31 bits per heavy atom. The number of nitrogens with zero attached hydrogens (tertiary/aromatic N) is 2. The fraction of sp³-hybridized carbons (Fsp3) is 0.227. The number of carbonyl (C=O) groups is 1. The average molecular weight is 345 g/mol. The van der Waals surface area contributed by atoms with Gasteiger partial charge in [-0.3, -0.25) is 9.78 Å². The molecule has 0 aliphatic heterocycles. The second kappa shape index (κ2) is 8.90. The molecule has 0 fully saturated rings. The number of amides is 1. The maximum Gasteiger partial charge on any atom is 0.271 e. The topological polar surface area (TPSA) is 54.9 Å². The molecule has 132 valence electrons. The molecule has 4 heteroatoms. The largest absolute Gasteiger partial charge is 0.344 e. The Hall–Kier alpha value is -3.01. The minimum Gasteiger partial charge on any atom is -0.344 e. The van der Waals surface area contributed by atoms with Crippen LogP contribution in [0.2, 0.25) is 0 Å². The zero-order valence-corrected chi connectivity index (χ0v) is 14.9. The monoisotopic (exact) mass is 345 g/mol. The quantitative estimate of drug-likeness (QED) is 0.695. The Labute approximate surface area is 154 Å². The zero-order chi connectivity index (χ0) is 18.2. The van der Waals surface area contributed by atoms with E-state index in [9.17, 15) is 4.79 Å². The Balaban J connectivity index is 1.67. The molecule has 1 aromatic heterocycles. The van der Waals surface area contributed by atoms with Gasteiger partial charge < -0.3 is 5.32 Å². The first kappa shape index (κ1) is 17.8. The third-order valence-corrected chi connectivity index (χ3v) is 4.32. The fourth-order valence-electron chi connectivity index (χ4n) is 2.90. The van der Waals surface area contributed by atoms with Crippen molar-refractivity contribution in [3.63, 3.8) is 0 Å². The third-order valence-electron chi connectivity index (χ3n) is 4.32. The maximum atomic E-state index is 12.6. The first-order valence-corrected chi connectivity index (χ1v) is 8.91. The van der Waals surface area contributed by atoms with Crippen molar-refractivity contribution in [3.05, 3.63) is 95.6 Å². The Morgan fingerprint density at radius 1 is 0.962 bits per heavy atom. The van der Waals surface area contributed by atoms with Crippen LogP contribution in [0.5, 0.6) is 0 Å². The molecule has 1 unspecified atom stereocenters. The summed E-state index contributed by atoms with van der Waals surface area (Å²) in [6.45, 7) is 1.85. The van der Waals surface area contributed by atoms with E-state index >= 15 is 0 Å². The van der Waals surface area contributed by atoms with Crippen LogP contribution in [0, 0.1) is 6.92 Å². The molecule has 0 spiro atoms. The van der Waals surface area contributed by atoms with Crippen LogP contribution in [0.3, 0.4) is 0 Å². The van der Waals surface area contributed by atoms with E-state index in [1.165, 1.54) is 11.8 Å². The molecule has 0 saturated carbocycles. The predicted octanol–water partition coefficient (Wildman–Crippen LogP) is 4.28. The van der Waals surface area contributed by atoms with Crippen molar-refractivity contribution >= 4 is 5.91 Å². The minimum absolute atomic E-state index is 0.0458. The van der Waals surface area contributed by atoms with Crippen molar-refractivity contribution in [1.82, 2.24) is 15.3 Å². The summed E-state index contributed by atoms with van der Waals surface area (Å²) in [6.07, 6.45) is 5.98. The van der Waals surface area contributed by atoms with E-state index in [1.807, 2.05) is 43.3 Å². The zero-order valence-electron chi connectivity index (χ0n) is 14.9. The highest BCUT2D eigenvalue weighted by Crippen LogP contribution is 2.20. The lowest BCUT2D eigenvalue weighted by Gasteiger charge is -2.19. The van der Waals surface area contributed by atoms with Crippen molar-refractivity contribution in [1.29, 1.82) is 0 Å². The van der Waals surface area contributed by atoms with Gasteiger partial charge in [0.05, 0.1) is 17.9 Å². The fourth-order valence-corrected chi connectivity index (χ4v) is 2.90. The molecule has 2 aromatic carbocycles. The van der Waals surface area contributed by atoms with Crippen LogP contribution in [0.15, 0.2) is 73.1 Å². The summed E-state index contributed by atoms with van der Waals surface area (Å²) < 4.78 is 0. The number of nitrogens with one attached hydrogen (secondary N) is 1. The Morgan fingerprint density at radius 2 is 1.65 bits per heavy atom. The lowest BCUT2D eigenvalue weighted by atomic mass is 9.99. The third kappa shape index (κ3) is 4.99. The second-order valence-corrected chi connectivity index (χ2v) is 6.36. The maximum absolute atomic E-state index is 12.6. The van der Waals surface area contributed by atoms with Crippen molar-refractivity contribution in [2.45, 2.75) is 32.2 Å². The standard InChI is InChI=1S/C22H23N3O/c1-17-15-24-21(16-23-17)22(26)25-20(19-12-6-3-7-13-19)14-8-11-18-9-4-2-5-10-18/h2-7,9-10,12-13,15-16,20H,8,11,14H2,1H3,(H,25,26). The van der Waals surface area contributed by atoms with Gasteiger partial charge in [-0.2, -0.15) is 0 Å². The number of aromatic nitrogens is 2. The number of aryl methyl sites for hydroxylation is 2. The molecule has 0 bridgehead atoms. The normalized spacial score (nSPS) is 11.7. The van der Waals surface area contributed by atoms with Crippen LogP contribution in [0.4, 0.5) is 0 Å². The average Bonchev–Trinajstić information content (AvgIpc) is 2.69. The van der Waals surface area contributed by atoms with Gasteiger partial charge in [-0.15, -0.1) is 0 Å². The molecule has 1 N–H and O–H groups in total. The molecule has 0 saturated heterocycles. The molecule has 1 heterocycles. The van der Waals surface area contributed by atoms with Crippen LogP contribution < -0.4 is 5.32 Å². The van der Waals surface area contributed by atoms with Gasteiger partial charge in [0.1, 0.15) is 5.69 Å². The molecule has 4 nitrogen and oxygen atoms in total. The number of carbonyl (C=O) groups excluding carboxylic acids is 1. The van der Waals surface area contributed by atoms with Crippen LogP contribution in [-0.4, -0.2) is 15.9 Å². The van der Waals surface area contributed by atoms with Crippen LogP contribution in [-0.2, 0) is 6.42 Å². The highest BCUT2D eigenvalue weighted by Gasteiger charge is 2.16. The van der Waals surface area contributed by atoms with Crippen molar-refractivity contribution in [2.24, 2.45) is 0 Å². The van der Waals surface area contributed by atoms with Gasteiger partial charge in [0.25, 0.3) is 5.91 Å². The smallest absolute Gasteiger partial charge is 0.271 e. The molecule has 0 aliphatic rings. The summed E-state index contributed by atoms with van der Waals surface area (Å²) in [5, 5.41) is 3.11. The van der Waals surface area contributed by atoms with E-state index < -0.39 is 0 Å². The lowest BCUT2D eigenvalue weighted by molar-refractivity contribution is 0.0928. The highest BCUT2D eigenvalue weighted by molar-refractivity contribution is 5.92. The van der Waals surface area contributed by atoms with Gasteiger partial charge >= 0.3 is 0 Å². The summed E-state index contributed by atoms with van der Waals surface area (Å²) in [7, 11) is 0. The van der Waals surface area contributed by atoms with E-state index in [4.69, 9.17) is 0 Å². The first-order valence-electron chi connectivity index (χ1n) is 8.91. The molecule has 3 rings (SSSR count). The molecular weight excluding hydrogens is 322 g/mol. The minimum atomic E-state index is -0.189. The van der Waals surface area contributed by atoms with Crippen LogP contribution in [0.1, 0.15) is 46.2 Å². The SMILES string of the molecule is Cc1cnc(C(=O)NC(CCCc2ccccc2)c2ccccc2)cn1. The lowest BCUT2D eigenvalue weighted by Crippen LogP contribution is -2.29.